The van der Waals surface area contributed by atoms with E-state index in [-0.39, 0.29) is 11.6 Å². The Hall–Kier alpha value is -3.55. The molecule has 0 spiro atoms. The maximum atomic E-state index is 13.5. The Bertz CT molecular complexity index is 1110. The van der Waals surface area contributed by atoms with Gasteiger partial charge in [-0.2, -0.15) is 0 Å². The van der Waals surface area contributed by atoms with Gasteiger partial charge in [-0.15, -0.1) is 0 Å². The van der Waals surface area contributed by atoms with Gasteiger partial charge in [0.05, 0.1) is 21.6 Å². The molecule has 8 heteroatoms. The number of anilines is 1. The number of hydrogen-bond donors (Lipinski definition) is 1. The molecule has 2 fully saturated rings. The van der Waals surface area contributed by atoms with Crippen LogP contribution in [0.5, 0.6) is 0 Å². The number of nitrogens with one attached hydrogen (secondary N) is 1. The van der Waals surface area contributed by atoms with Gasteiger partial charge in [0.25, 0.3) is 5.69 Å². The van der Waals surface area contributed by atoms with Gasteiger partial charge >= 0.3 is 5.97 Å². The minimum atomic E-state index is -0.721. The molecule has 0 aromatic heterocycles. The van der Waals surface area contributed by atoms with Crippen molar-refractivity contribution in [3.05, 3.63) is 70.3 Å². The van der Waals surface area contributed by atoms with Crippen LogP contribution in [-0.4, -0.2) is 22.5 Å². The third-order valence-corrected chi connectivity index (χ3v) is 7.75. The van der Waals surface area contributed by atoms with Crippen LogP contribution in [-0.2, 0) is 9.63 Å². The largest absolute Gasteiger partial charge is 0.365 e. The minimum Gasteiger partial charge on any atom is -0.326 e. The summed E-state index contributed by atoms with van der Waals surface area (Å²) in [6, 6.07) is 14.4. The van der Waals surface area contributed by atoms with Crippen molar-refractivity contribution in [3.8, 4) is 0 Å². The Morgan fingerprint density at radius 3 is 2.31 bits per heavy atom. The third-order valence-electron chi connectivity index (χ3n) is 7.75. The molecule has 2 aliphatic carbocycles. The lowest BCUT2D eigenvalue weighted by atomic mass is 9.64. The Labute approximate surface area is 185 Å². The lowest BCUT2D eigenvalue weighted by Gasteiger charge is -2.39. The third kappa shape index (κ3) is 3.18. The Morgan fingerprint density at radius 1 is 1.03 bits per heavy atom. The first-order valence-corrected chi connectivity index (χ1v) is 10.5. The van der Waals surface area contributed by atoms with E-state index < -0.39 is 27.1 Å². The summed E-state index contributed by atoms with van der Waals surface area (Å²) >= 11 is 0. The second-order valence-corrected chi connectivity index (χ2v) is 9.26. The molecular weight excluding hydrogens is 410 g/mol. The van der Waals surface area contributed by atoms with Crippen molar-refractivity contribution in [1.82, 2.24) is 0 Å². The second kappa shape index (κ2) is 7.55. The van der Waals surface area contributed by atoms with Crippen LogP contribution < -0.4 is 5.32 Å². The zero-order valence-corrected chi connectivity index (χ0v) is 18.3. The van der Waals surface area contributed by atoms with E-state index in [1.807, 2.05) is 6.07 Å². The molecule has 2 bridgehead atoms. The molecular formula is C24H25N3O5. The highest BCUT2D eigenvalue weighted by Gasteiger charge is 2.71. The molecule has 8 nitrogen and oxygen atoms in total. The molecule has 2 aliphatic rings. The summed E-state index contributed by atoms with van der Waals surface area (Å²) in [5, 5.41) is 18.0. The molecule has 2 saturated carbocycles. The number of rotatable bonds is 5. The monoisotopic (exact) mass is 435 g/mol. The number of amides is 1. The minimum absolute atomic E-state index is 0.0366. The summed E-state index contributed by atoms with van der Waals surface area (Å²) in [6.07, 6.45) is 1.81. The van der Waals surface area contributed by atoms with Crippen LogP contribution in [0.4, 0.5) is 11.4 Å². The summed E-state index contributed by atoms with van der Waals surface area (Å²) in [4.78, 5) is 41.5. The number of non-ortho nitro benzene ring substituents is 1. The maximum Gasteiger partial charge on any atom is 0.365 e. The molecule has 32 heavy (non-hydrogen) atoms. The zero-order chi connectivity index (χ0) is 23.1. The van der Waals surface area contributed by atoms with Gasteiger partial charge in [0.2, 0.25) is 5.91 Å². The molecule has 0 saturated heterocycles. The highest BCUT2D eigenvalue weighted by Crippen LogP contribution is 2.71. The normalized spacial score (nSPS) is 26.7. The molecule has 166 valence electrons. The average molecular weight is 435 g/mol. The van der Waals surface area contributed by atoms with Gasteiger partial charge in [0.15, 0.2) is 0 Å². The maximum absolute atomic E-state index is 13.5. The number of hydrogen-bond acceptors (Lipinski definition) is 6. The van der Waals surface area contributed by atoms with Crippen LogP contribution in [0.25, 0.3) is 0 Å². The van der Waals surface area contributed by atoms with E-state index in [4.69, 9.17) is 4.84 Å². The van der Waals surface area contributed by atoms with Crippen LogP contribution >= 0.6 is 0 Å². The predicted molar refractivity (Wildman–Crippen MR) is 119 cm³/mol. The molecule has 2 unspecified atom stereocenters. The topological polar surface area (TPSA) is 111 Å². The zero-order valence-electron chi connectivity index (χ0n) is 18.3. The van der Waals surface area contributed by atoms with E-state index in [0.717, 1.165) is 6.42 Å². The van der Waals surface area contributed by atoms with Crippen molar-refractivity contribution >= 4 is 29.0 Å². The van der Waals surface area contributed by atoms with Gasteiger partial charge in [-0.05, 0) is 42.5 Å². The Balaban J connectivity index is 1.57. The number of nitro groups is 1. The average Bonchev–Trinajstić information content (AvgIpc) is 3.09. The van der Waals surface area contributed by atoms with E-state index in [9.17, 15) is 19.7 Å². The summed E-state index contributed by atoms with van der Waals surface area (Å²) in [7, 11) is 0. The summed E-state index contributed by atoms with van der Waals surface area (Å²) in [5.41, 5.74) is 0.0406. The first-order chi connectivity index (χ1) is 15.1. The van der Waals surface area contributed by atoms with Crippen LogP contribution in [0.1, 0.15) is 50.4 Å². The number of benzene rings is 2. The number of carbonyl (C=O) groups excluding carboxylic acids is 2. The number of nitrogens with zero attached hydrogens (tertiary/aromatic N) is 2. The molecule has 2 aromatic carbocycles. The van der Waals surface area contributed by atoms with Crippen LogP contribution in [0.2, 0.25) is 0 Å². The fourth-order valence-electron chi connectivity index (χ4n) is 5.16. The quantitative estimate of drug-likeness (QED) is 0.405. The van der Waals surface area contributed by atoms with Crippen molar-refractivity contribution in [2.45, 2.75) is 40.0 Å². The molecule has 0 radical (unpaired) electrons. The second-order valence-electron chi connectivity index (χ2n) is 9.26. The van der Waals surface area contributed by atoms with Gasteiger partial charge in [0.1, 0.15) is 0 Å². The molecule has 0 heterocycles. The lowest BCUT2D eigenvalue weighted by molar-refractivity contribution is -0.384. The lowest BCUT2D eigenvalue weighted by Crippen LogP contribution is -2.43. The van der Waals surface area contributed by atoms with E-state index >= 15 is 0 Å². The molecule has 1 amide bonds. The summed E-state index contributed by atoms with van der Waals surface area (Å²) in [6.45, 7) is 6.17. The van der Waals surface area contributed by atoms with Crippen LogP contribution in [0, 0.1) is 26.4 Å². The summed E-state index contributed by atoms with van der Waals surface area (Å²) < 4.78 is 0. The van der Waals surface area contributed by atoms with Crippen molar-refractivity contribution < 1.29 is 19.3 Å². The van der Waals surface area contributed by atoms with Gasteiger partial charge in [0, 0.05) is 29.7 Å². The number of carbonyl (C=O) groups is 2. The molecule has 0 aliphatic heterocycles. The van der Waals surface area contributed by atoms with Crippen molar-refractivity contribution in [3.63, 3.8) is 0 Å². The van der Waals surface area contributed by atoms with Crippen molar-refractivity contribution in [2.75, 3.05) is 5.32 Å². The molecule has 2 atom stereocenters. The van der Waals surface area contributed by atoms with Gasteiger partial charge < -0.3 is 10.2 Å². The van der Waals surface area contributed by atoms with Crippen LogP contribution in [0.15, 0.2) is 59.8 Å². The fraction of sp³-hybridized carbons (Fsp3) is 0.375. The van der Waals surface area contributed by atoms with Gasteiger partial charge in [-0.3, -0.25) is 14.9 Å². The molecule has 2 aromatic rings. The highest BCUT2D eigenvalue weighted by molar-refractivity contribution is 6.06. The van der Waals surface area contributed by atoms with E-state index in [2.05, 4.69) is 31.2 Å². The van der Waals surface area contributed by atoms with E-state index in [0.29, 0.717) is 29.8 Å². The highest BCUT2D eigenvalue weighted by atomic mass is 16.7. The first-order valence-electron chi connectivity index (χ1n) is 10.5. The predicted octanol–water partition coefficient (Wildman–Crippen LogP) is 4.96. The van der Waals surface area contributed by atoms with E-state index in [1.54, 1.807) is 24.3 Å². The number of oxime groups is 1. The Kier molecular flexibility index (Phi) is 5.11. The van der Waals surface area contributed by atoms with Gasteiger partial charge in [-0.1, -0.05) is 44.1 Å². The summed E-state index contributed by atoms with van der Waals surface area (Å²) in [5.74, 6) is -0.689. The number of fused-ring (bicyclic) bond motifs is 2. The first kappa shape index (κ1) is 21.7. The standard InChI is InChI=1S/C24H25N3O5/c1-22(2)23(3)13-14-24(22,21(29)25-17-9-11-18(12-10-17)27(30)31)15-19(23)26-32-20(28)16-7-5-4-6-8-16/h4-12H,13-15H2,1-3H3,(H,25,29)/b26-19+. The molecule has 1 N–H and O–H groups in total. The SMILES string of the molecule is CC12CCC(C(=O)Nc3ccc([N+](=O)[O-])cc3)(C/C1=N\OC(=O)c1ccccc1)C2(C)C. The van der Waals surface area contributed by atoms with Crippen molar-refractivity contribution in [1.29, 1.82) is 0 Å². The van der Waals surface area contributed by atoms with Crippen molar-refractivity contribution in [2.24, 2.45) is 21.4 Å². The Morgan fingerprint density at radius 2 is 1.69 bits per heavy atom. The smallest absolute Gasteiger partial charge is 0.326 e. The van der Waals surface area contributed by atoms with E-state index in [1.165, 1.54) is 24.3 Å². The van der Waals surface area contributed by atoms with Crippen LogP contribution in [0.3, 0.4) is 0 Å². The number of nitro benzene ring substituents is 1. The molecule has 4 rings (SSSR count). The van der Waals surface area contributed by atoms with Gasteiger partial charge in [-0.25, -0.2) is 4.79 Å². The fourth-order valence-corrected chi connectivity index (χ4v) is 5.16.